The Morgan fingerprint density at radius 2 is 2.00 bits per heavy atom. The second-order valence-electron chi connectivity index (χ2n) is 5.35. The van der Waals surface area contributed by atoms with Gasteiger partial charge in [-0.05, 0) is 53.5 Å². The quantitative estimate of drug-likeness (QED) is 0.780. The number of aliphatic hydroxyl groups is 1. The lowest BCUT2D eigenvalue weighted by molar-refractivity contribution is 0.194. The van der Waals surface area contributed by atoms with Crippen LogP contribution in [0.15, 0.2) is 18.7 Å². The van der Waals surface area contributed by atoms with Crippen molar-refractivity contribution < 1.29 is 10.2 Å². The molecule has 2 nitrogen and oxygen atoms in total. The Balaban J connectivity index is 2.60. The first-order chi connectivity index (χ1) is 7.91. The molecule has 0 saturated heterocycles. The molecule has 2 atom stereocenters. The summed E-state index contributed by atoms with van der Waals surface area (Å²) in [7, 11) is 0. The molecule has 0 heterocycles. The van der Waals surface area contributed by atoms with Gasteiger partial charge in [0.15, 0.2) is 0 Å². The third kappa shape index (κ3) is 1.98. The lowest BCUT2D eigenvalue weighted by Gasteiger charge is -2.33. The summed E-state index contributed by atoms with van der Waals surface area (Å²) in [5.41, 5.74) is 3.75. The van der Waals surface area contributed by atoms with Crippen LogP contribution in [-0.2, 0) is 0 Å². The molecule has 0 saturated carbocycles. The SMILES string of the molecule is C=C1c2cc(O)c(C)cc2[C@H](C(C)C)C[C@H]1O. The van der Waals surface area contributed by atoms with Crippen LogP contribution in [0.25, 0.3) is 5.57 Å². The van der Waals surface area contributed by atoms with Gasteiger partial charge >= 0.3 is 0 Å². The normalized spacial score (nSPS) is 23.9. The van der Waals surface area contributed by atoms with E-state index in [1.807, 2.05) is 13.0 Å². The molecule has 1 aliphatic rings. The molecule has 2 N–H and O–H groups in total. The van der Waals surface area contributed by atoms with E-state index in [0.29, 0.717) is 11.8 Å². The van der Waals surface area contributed by atoms with Gasteiger partial charge in [-0.25, -0.2) is 0 Å². The van der Waals surface area contributed by atoms with Crippen LogP contribution in [0.1, 0.15) is 42.9 Å². The molecule has 92 valence electrons. The zero-order valence-corrected chi connectivity index (χ0v) is 10.7. The van der Waals surface area contributed by atoms with E-state index in [2.05, 4.69) is 20.4 Å². The third-order valence-corrected chi connectivity index (χ3v) is 3.80. The molecule has 0 bridgehead atoms. The number of rotatable bonds is 1. The number of aryl methyl sites for hydroxylation is 1. The standard InChI is InChI=1S/C15H20O2/c1-8(2)11-6-15(17)10(4)12-7-14(16)9(3)5-13(11)12/h5,7-8,11,15-17H,4,6H2,1-3H3/t11-,15+/m0/s1. The van der Waals surface area contributed by atoms with Gasteiger partial charge in [-0.2, -0.15) is 0 Å². The molecule has 0 unspecified atom stereocenters. The zero-order chi connectivity index (χ0) is 12.7. The summed E-state index contributed by atoms with van der Waals surface area (Å²) in [6.45, 7) is 10.2. The molecule has 1 aliphatic carbocycles. The van der Waals surface area contributed by atoms with Crippen molar-refractivity contribution in [2.45, 2.75) is 39.2 Å². The Bertz CT molecular complexity index is 460. The van der Waals surface area contributed by atoms with Crippen molar-refractivity contribution in [2.75, 3.05) is 0 Å². The number of aromatic hydroxyl groups is 1. The van der Waals surface area contributed by atoms with Crippen molar-refractivity contribution in [2.24, 2.45) is 5.92 Å². The Hall–Kier alpha value is -1.28. The van der Waals surface area contributed by atoms with Gasteiger partial charge in [0.05, 0.1) is 6.10 Å². The molecule has 0 amide bonds. The topological polar surface area (TPSA) is 40.5 Å². The number of aliphatic hydroxyl groups excluding tert-OH is 1. The molecule has 0 radical (unpaired) electrons. The molecule has 0 aliphatic heterocycles. The van der Waals surface area contributed by atoms with Crippen LogP contribution in [0.4, 0.5) is 0 Å². The summed E-state index contributed by atoms with van der Waals surface area (Å²) in [6.07, 6.45) is 0.241. The van der Waals surface area contributed by atoms with Crippen molar-refractivity contribution in [3.8, 4) is 5.75 Å². The molecule has 2 rings (SSSR count). The Kier molecular flexibility index (Phi) is 3.00. The summed E-state index contributed by atoms with van der Waals surface area (Å²) in [4.78, 5) is 0. The molecule has 2 heteroatoms. The van der Waals surface area contributed by atoms with Crippen molar-refractivity contribution in [1.29, 1.82) is 0 Å². The van der Waals surface area contributed by atoms with Gasteiger partial charge in [-0.3, -0.25) is 0 Å². The maximum atomic E-state index is 10.0. The summed E-state index contributed by atoms with van der Waals surface area (Å²) in [6, 6.07) is 3.77. The first kappa shape index (κ1) is 12.2. The molecule has 17 heavy (non-hydrogen) atoms. The molecule has 0 spiro atoms. The van der Waals surface area contributed by atoms with Crippen molar-refractivity contribution in [3.05, 3.63) is 35.4 Å². The highest BCUT2D eigenvalue weighted by Gasteiger charge is 2.30. The van der Waals surface area contributed by atoms with E-state index in [4.69, 9.17) is 0 Å². The van der Waals surface area contributed by atoms with E-state index in [0.717, 1.165) is 23.1 Å². The number of phenols is 1. The van der Waals surface area contributed by atoms with Crippen LogP contribution in [0.5, 0.6) is 5.75 Å². The highest BCUT2D eigenvalue weighted by Crippen LogP contribution is 2.43. The number of hydrogen-bond acceptors (Lipinski definition) is 2. The van der Waals surface area contributed by atoms with Crippen LogP contribution in [-0.4, -0.2) is 16.3 Å². The lowest BCUT2D eigenvalue weighted by atomic mass is 9.73. The lowest BCUT2D eigenvalue weighted by Crippen LogP contribution is -2.24. The molecular formula is C15H20O2. The minimum Gasteiger partial charge on any atom is -0.508 e. The average Bonchev–Trinajstić information content (AvgIpc) is 2.26. The monoisotopic (exact) mass is 232 g/mol. The fourth-order valence-electron chi connectivity index (χ4n) is 2.62. The summed E-state index contributed by atoms with van der Waals surface area (Å²) in [5.74, 6) is 1.09. The van der Waals surface area contributed by atoms with Gasteiger partial charge in [-0.15, -0.1) is 0 Å². The number of benzene rings is 1. The average molecular weight is 232 g/mol. The maximum absolute atomic E-state index is 10.0. The van der Waals surface area contributed by atoms with E-state index in [9.17, 15) is 10.2 Å². The van der Waals surface area contributed by atoms with Crippen LogP contribution in [0, 0.1) is 12.8 Å². The van der Waals surface area contributed by atoms with Gasteiger partial charge in [0, 0.05) is 0 Å². The largest absolute Gasteiger partial charge is 0.508 e. The predicted octanol–water partition coefficient (Wildman–Crippen LogP) is 3.22. The molecule has 1 aromatic rings. The summed E-state index contributed by atoms with van der Waals surface area (Å²) in [5, 5.41) is 19.8. The van der Waals surface area contributed by atoms with Crippen LogP contribution in [0.2, 0.25) is 0 Å². The van der Waals surface area contributed by atoms with Gasteiger partial charge in [0.25, 0.3) is 0 Å². The van der Waals surface area contributed by atoms with E-state index < -0.39 is 6.10 Å². The number of phenolic OH excluding ortho intramolecular Hbond substituents is 1. The minimum atomic E-state index is -0.489. The summed E-state index contributed by atoms with van der Waals surface area (Å²) >= 11 is 0. The smallest absolute Gasteiger partial charge is 0.119 e. The first-order valence-electron chi connectivity index (χ1n) is 6.12. The highest BCUT2D eigenvalue weighted by atomic mass is 16.3. The van der Waals surface area contributed by atoms with E-state index >= 15 is 0 Å². The highest BCUT2D eigenvalue weighted by molar-refractivity contribution is 5.73. The fraction of sp³-hybridized carbons (Fsp3) is 0.467. The first-order valence-corrected chi connectivity index (χ1v) is 6.12. The second kappa shape index (κ2) is 4.19. The molecule has 1 aromatic carbocycles. The fourth-order valence-corrected chi connectivity index (χ4v) is 2.62. The molecular weight excluding hydrogens is 212 g/mol. The van der Waals surface area contributed by atoms with Crippen molar-refractivity contribution in [1.82, 2.24) is 0 Å². The summed E-state index contributed by atoms with van der Waals surface area (Å²) < 4.78 is 0. The minimum absolute atomic E-state index is 0.279. The van der Waals surface area contributed by atoms with Gasteiger partial charge in [0.2, 0.25) is 0 Å². The van der Waals surface area contributed by atoms with Crippen molar-refractivity contribution >= 4 is 5.57 Å². The van der Waals surface area contributed by atoms with Gasteiger partial charge in [-0.1, -0.05) is 26.5 Å². The maximum Gasteiger partial charge on any atom is 0.119 e. The van der Waals surface area contributed by atoms with Crippen LogP contribution in [0.3, 0.4) is 0 Å². The second-order valence-corrected chi connectivity index (χ2v) is 5.35. The Morgan fingerprint density at radius 3 is 2.59 bits per heavy atom. The van der Waals surface area contributed by atoms with E-state index in [-0.39, 0.29) is 5.75 Å². The zero-order valence-electron chi connectivity index (χ0n) is 10.7. The van der Waals surface area contributed by atoms with Crippen molar-refractivity contribution in [3.63, 3.8) is 0 Å². The van der Waals surface area contributed by atoms with E-state index in [1.54, 1.807) is 6.07 Å². The van der Waals surface area contributed by atoms with Crippen LogP contribution >= 0.6 is 0 Å². The predicted molar refractivity (Wildman–Crippen MR) is 70.1 cm³/mol. The Labute approximate surface area is 103 Å². The number of fused-ring (bicyclic) bond motifs is 1. The molecule has 0 fully saturated rings. The number of hydrogen-bond donors (Lipinski definition) is 2. The van der Waals surface area contributed by atoms with Gasteiger partial charge in [0.1, 0.15) is 5.75 Å². The van der Waals surface area contributed by atoms with Crippen LogP contribution < -0.4 is 0 Å². The van der Waals surface area contributed by atoms with E-state index in [1.165, 1.54) is 5.56 Å². The molecule has 0 aromatic heterocycles. The third-order valence-electron chi connectivity index (χ3n) is 3.80. The Morgan fingerprint density at radius 1 is 1.35 bits per heavy atom. The van der Waals surface area contributed by atoms with Gasteiger partial charge < -0.3 is 10.2 Å².